The molecule has 0 saturated carbocycles. The van der Waals surface area contributed by atoms with Crippen LogP contribution >= 0.6 is 15.9 Å². The molecular weight excluding hydrogens is 418 g/mol. The van der Waals surface area contributed by atoms with Crippen LogP contribution < -0.4 is 10.0 Å². The zero-order valence-corrected chi connectivity index (χ0v) is 17.5. The molecule has 1 aromatic carbocycles. The van der Waals surface area contributed by atoms with Gasteiger partial charge in [0.15, 0.2) is 0 Å². The van der Waals surface area contributed by atoms with Crippen molar-refractivity contribution >= 4 is 31.9 Å². The van der Waals surface area contributed by atoms with Crippen LogP contribution in [-0.4, -0.2) is 24.9 Å². The van der Waals surface area contributed by atoms with Crippen LogP contribution in [0.3, 0.4) is 0 Å². The third kappa shape index (κ3) is 5.96. The van der Waals surface area contributed by atoms with Gasteiger partial charge in [-0.2, -0.15) is 0 Å². The minimum atomic E-state index is -3.34. The van der Waals surface area contributed by atoms with E-state index in [1.807, 2.05) is 29.8 Å². The minimum Gasteiger partial charge on any atom is -0.347 e. The van der Waals surface area contributed by atoms with Crippen LogP contribution in [0.25, 0.3) is 0 Å². The van der Waals surface area contributed by atoms with E-state index in [0.717, 1.165) is 10.0 Å². The zero-order chi connectivity index (χ0) is 19.3. The van der Waals surface area contributed by atoms with Gasteiger partial charge >= 0.3 is 0 Å². The molecule has 142 valence electrons. The molecule has 0 unspecified atom stereocenters. The largest absolute Gasteiger partial charge is 0.347 e. The van der Waals surface area contributed by atoms with Crippen LogP contribution in [0.4, 0.5) is 0 Å². The molecule has 0 radical (unpaired) electrons. The summed E-state index contributed by atoms with van der Waals surface area (Å²) < 4.78 is 29.2. The number of hydrogen-bond donors (Lipinski definition) is 2. The van der Waals surface area contributed by atoms with Crippen LogP contribution in [-0.2, 0) is 28.9 Å². The average molecular weight is 442 g/mol. The van der Waals surface area contributed by atoms with Gasteiger partial charge in [0.25, 0.3) is 5.91 Å². The highest BCUT2D eigenvalue weighted by molar-refractivity contribution is 9.10. The summed E-state index contributed by atoms with van der Waals surface area (Å²) >= 11 is 3.38. The number of rotatable bonds is 8. The lowest BCUT2D eigenvalue weighted by atomic mass is 10.1. The number of aromatic nitrogens is 1. The van der Waals surface area contributed by atoms with Gasteiger partial charge in [-0.05, 0) is 53.9 Å². The van der Waals surface area contributed by atoms with Crippen LogP contribution in [0, 0.1) is 0 Å². The molecule has 0 saturated heterocycles. The smallest absolute Gasteiger partial charge is 0.268 e. The summed E-state index contributed by atoms with van der Waals surface area (Å²) in [5.41, 5.74) is 2.21. The Morgan fingerprint density at radius 2 is 1.81 bits per heavy atom. The van der Waals surface area contributed by atoms with Crippen molar-refractivity contribution < 1.29 is 13.2 Å². The number of benzene rings is 1. The van der Waals surface area contributed by atoms with E-state index in [1.165, 1.54) is 0 Å². The normalized spacial score (nSPS) is 11.7. The number of sulfonamides is 1. The standard InChI is InChI=1S/C18H24BrN3O3S/c1-4-22-11-16(19)9-17(22)18(23)20-10-14-5-7-15(8-6-14)12-26(24,25)21-13(2)3/h5-9,11,13,21H,4,10,12H2,1-3H3,(H,20,23). The van der Waals surface area contributed by atoms with Crippen molar-refractivity contribution in [3.8, 4) is 0 Å². The second-order valence-corrected chi connectivity index (χ2v) is 9.03. The highest BCUT2D eigenvalue weighted by atomic mass is 79.9. The molecule has 6 nitrogen and oxygen atoms in total. The Morgan fingerprint density at radius 1 is 1.19 bits per heavy atom. The molecule has 26 heavy (non-hydrogen) atoms. The Morgan fingerprint density at radius 3 is 2.38 bits per heavy atom. The van der Waals surface area contributed by atoms with Gasteiger partial charge in [-0.15, -0.1) is 0 Å². The van der Waals surface area contributed by atoms with Gasteiger partial charge in [-0.1, -0.05) is 24.3 Å². The third-order valence-electron chi connectivity index (χ3n) is 3.68. The molecule has 0 aliphatic rings. The van der Waals surface area contributed by atoms with E-state index < -0.39 is 10.0 Å². The predicted molar refractivity (Wildman–Crippen MR) is 106 cm³/mol. The molecule has 1 heterocycles. The lowest BCUT2D eigenvalue weighted by Crippen LogP contribution is -2.31. The second kappa shape index (κ2) is 8.83. The predicted octanol–water partition coefficient (Wildman–Crippen LogP) is 3.03. The number of carbonyl (C=O) groups excluding carboxylic acids is 1. The van der Waals surface area contributed by atoms with Gasteiger partial charge in [0.1, 0.15) is 5.69 Å². The van der Waals surface area contributed by atoms with Crippen LogP contribution in [0.1, 0.15) is 42.4 Å². The summed E-state index contributed by atoms with van der Waals surface area (Å²) in [6, 6.07) is 8.86. The fourth-order valence-electron chi connectivity index (χ4n) is 2.57. The molecule has 1 aromatic heterocycles. The molecule has 1 amide bonds. The molecule has 2 rings (SSSR count). The fourth-order valence-corrected chi connectivity index (χ4v) is 4.47. The molecule has 0 bridgehead atoms. The van der Waals surface area contributed by atoms with Gasteiger partial charge < -0.3 is 9.88 Å². The Balaban J connectivity index is 1.96. The number of carbonyl (C=O) groups is 1. The molecule has 0 atom stereocenters. The monoisotopic (exact) mass is 441 g/mol. The first-order valence-electron chi connectivity index (χ1n) is 8.42. The Bertz CT molecular complexity index is 858. The fraction of sp³-hybridized carbons (Fsp3) is 0.389. The molecule has 8 heteroatoms. The number of amides is 1. The van der Waals surface area contributed by atoms with Crippen LogP contribution in [0.15, 0.2) is 41.0 Å². The summed E-state index contributed by atoms with van der Waals surface area (Å²) in [6.45, 7) is 6.64. The maximum Gasteiger partial charge on any atom is 0.268 e. The Hall–Kier alpha value is -1.64. The first kappa shape index (κ1) is 20.7. The quantitative estimate of drug-likeness (QED) is 0.660. The molecule has 0 spiro atoms. The maximum atomic E-state index is 12.3. The Labute approximate surface area is 163 Å². The molecule has 0 aliphatic heterocycles. The average Bonchev–Trinajstić information content (AvgIpc) is 2.93. The van der Waals surface area contributed by atoms with Crippen LogP contribution in [0.5, 0.6) is 0 Å². The van der Waals surface area contributed by atoms with E-state index in [1.54, 1.807) is 32.0 Å². The molecule has 2 aromatic rings. The van der Waals surface area contributed by atoms with E-state index in [4.69, 9.17) is 0 Å². The van der Waals surface area contributed by atoms with Gasteiger partial charge in [-0.25, -0.2) is 13.1 Å². The number of nitrogens with one attached hydrogen (secondary N) is 2. The summed E-state index contributed by atoms with van der Waals surface area (Å²) in [5, 5.41) is 2.89. The van der Waals surface area contributed by atoms with Gasteiger partial charge in [0, 0.05) is 29.8 Å². The van der Waals surface area contributed by atoms with Gasteiger partial charge in [0.05, 0.1) is 5.75 Å². The number of nitrogens with zero attached hydrogens (tertiary/aromatic N) is 1. The summed E-state index contributed by atoms with van der Waals surface area (Å²) in [6.07, 6.45) is 1.87. The summed E-state index contributed by atoms with van der Waals surface area (Å²) in [4.78, 5) is 12.3. The van der Waals surface area contributed by atoms with Crippen molar-refractivity contribution in [1.82, 2.24) is 14.6 Å². The zero-order valence-electron chi connectivity index (χ0n) is 15.1. The van der Waals surface area contributed by atoms with E-state index in [9.17, 15) is 13.2 Å². The van der Waals surface area contributed by atoms with E-state index in [0.29, 0.717) is 24.3 Å². The maximum absolute atomic E-state index is 12.3. The summed E-state index contributed by atoms with van der Waals surface area (Å²) in [7, 11) is -3.34. The van der Waals surface area contributed by atoms with E-state index >= 15 is 0 Å². The van der Waals surface area contributed by atoms with Crippen molar-refractivity contribution in [3.05, 3.63) is 57.8 Å². The topological polar surface area (TPSA) is 80.2 Å². The van der Waals surface area contributed by atoms with Crippen molar-refractivity contribution in [2.45, 2.75) is 45.7 Å². The first-order valence-corrected chi connectivity index (χ1v) is 10.9. The van der Waals surface area contributed by atoms with E-state index in [-0.39, 0.29) is 17.7 Å². The lowest BCUT2D eigenvalue weighted by Gasteiger charge is -2.10. The highest BCUT2D eigenvalue weighted by Gasteiger charge is 2.14. The molecule has 0 fully saturated rings. The molecule has 0 aliphatic carbocycles. The van der Waals surface area contributed by atoms with Gasteiger partial charge in [-0.3, -0.25) is 4.79 Å². The molecular formula is C18H24BrN3O3S. The lowest BCUT2D eigenvalue weighted by molar-refractivity contribution is 0.0941. The van der Waals surface area contributed by atoms with Crippen molar-refractivity contribution in [3.63, 3.8) is 0 Å². The van der Waals surface area contributed by atoms with Gasteiger partial charge in [0.2, 0.25) is 10.0 Å². The number of halogens is 1. The second-order valence-electron chi connectivity index (χ2n) is 6.36. The van der Waals surface area contributed by atoms with Crippen molar-refractivity contribution in [2.24, 2.45) is 0 Å². The first-order chi connectivity index (χ1) is 12.2. The van der Waals surface area contributed by atoms with Crippen molar-refractivity contribution in [2.75, 3.05) is 0 Å². The SMILES string of the molecule is CCn1cc(Br)cc1C(=O)NCc1ccc(CS(=O)(=O)NC(C)C)cc1. The van der Waals surface area contributed by atoms with Crippen LogP contribution in [0.2, 0.25) is 0 Å². The van der Waals surface area contributed by atoms with Crippen molar-refractivity contribution in [1.29, 1.82) is 0 Å². The van der Waals surface area contributed by atoms with E-state index in [2.05, 4.69) is 26.0 Å². The Kier molecular flexibility index (Phi) is 7.02. The summed E-state index contributed by atoms with van der Waals surface area (Å²) in [5.74, 6) is -0.207. The third-order valence-corrected chi connectivity index (χ3v) is 5.66. The minimum absolute atomic E-state index is 0.0597. The number of hydrogen-bond acceptors (Lipinski definition) is 3. The number of aryl methyl sites for hydroxylation is 1. The highest BCUT2D eigenvalue weighted by Crippen LogP contribution is 2.15. The molecule has 2 N–H and O–H groups in total.